The quantitative estimate of drug-likeness (QED) is 0.602. The molecular weight excluding hydrogens is 387 g/mol. The minimum Gasteiger partial charge on any atom is -0.463 e. The van der Waals surface area contributed by atoms with Crippen LogP contribution in [0.15, 0.2) is 54.6 Å². The Balaban J connectivity index is 1.82. The first-order valence-electron chi connectivity index (χ1n) is 9.58. The number of nitrogens with zero attached hydrogens (tertiary/aromatic N) is 3. The smallest absolute Gasteiger partial charge is 0.308 e. The lowest BCUT2D eigenvalue weighted by Crippen LogP contribution is -2.31. The number of carbonyl (C=O) groups excluding carboxylic acids is 2. The molecular formula is C22H23FN4O3. The van der Waals surface area contributed by atoms with Crippen LogP contribution in [0.25, 0.3) is 5.69 Å². The van der Waals surface area contributed by atoms with E-state index in [2.05, 4.69) is 15.6 Å². The molecule has 0 saturated heterocycles. The molecule has 1 unspecified atom stereocenters. The second kappa shape index (κ2) is 9.30. The van der Waals surface area contributed by atoms with Crippen molar-refractivity contribution in [2.75, 3.05) is 0 Å². The van der Waals surface area contributed by atoms with Gasteiger partial charge >= 0.3 is 5.97 Å². The predicted molar refractivity (Wildman–Crippen MR) is 109 cm³/mol. The highest BCUT2D eigenvalue weighted by Crippen LogP contribution is 2.20. The standard InChI is InChI=1S/C22H23FN4O3/c1-14(2)30-20(28)13-19(16-7-5-4-6-8-16)24-22(29)21-15(3)27(26-25-21)18-11-9-17(23)10-12-18/h4-12,14,19H,13H2,1-3H3,(H,24,29). The van der Waals surface area contributed by atoms with Gasteiger partial charge in [0.05, 0.1) is 29.9 Å². The van der Waals surface area contributed by atoms with E-state index in [0.29, 0.717) is 11.4 Å². The molecule has 8 heteroatoms. The zero-order chi connectivity index (χ0) is 21.7. The lowest BCUT2D eigenvalue weighted by Gasteiger charge is -2.19. The molecule has 3 rings (SSSR count). The van der Waals surface area contributed by atoms with Crippen molar-refractivity contribution in [2.45, 2.75) is 39.3 Å². The van der Waals surface area contributed by atoms with E-state index >= 15 is 0 Å². The highest BCUT2D eigenvalue weighted by Gasteiger charge is 2.24. The van der Waals surface area contributed by atoms with E-state index in [9.17, 15) is 14.0 Å². The fourth-order valence-corrected chi connectivity index (χ4v) is 3.01. The molecule has 1 aromatic heterocycles. The van der Waals surface area contributed by atoms with Crippen LogP contribution in [0.5, 0.6) is 0 Å². The van der Waals surface area contributed by atoms with Crippen LogP contribution < -0.4 is 5.32 Å². The normalized spacial score (nSPS) is 11.9. The third-order valence-electron chi connectivity index (χ3n) is 4.43. The zero-order valence-corrected chi connectivity index (χ0v) is 17.0. The molecule has 1 heterocycles. The summed E-state index contributed by atoms with van der Waals surface area (Å²) < 4.78 is 19.9. The van der Waals surface area contributed by atoms with Gasteiger partial charge in [-0.25, -0.2) is 9.07 Å². The lowest BCUT2D eigenvalue weighted by atomic mass is 10.0. The molecule has 0 aliphatic heterocycles. The fraction of sp³-hybridized carbons (Fsp3) is 0.273. The van der Waals surface area contributed by atoms with Crippen molar-refractivity contribution >= 4 is 11.9 Å². The molecule has 7 nitrogen and oxygen atoms in total. The predicted octanol–water partition coefficient (Wildman–Crippen LogP) is 3.53. The van der Waals surface area contributed by atoms with Crippen LogP contribution in [0.2, 0.25) is 0 Å². The van der Waals surface area contributed by atoms with Gasteiger partial charge in [0.15, 0.2) is 5.69 Å². The maximum Gasteiger partial charge on any atom is 0.308 e. The Bertz CT molecular complexity index is 1020. The number of hydrogen-bond acceptors (Lipinski definition) is 5. The third kappa shape index (κ3) is 5.08. The van der Waals surface area contributed by atoms with Crippen molar-refractivity contribution in [2.24, 2.45) is 0 Å². The number of carbonyl (C=O) groups is 2. The number of benzene rings is 2. The van der Waals surface area contributed by atoms with Crippen LogP contribution in [-0.2, 0) is 9.53 Å². The van der Waals surface area contributed by atoms with Gasteiger partial charge in [0.2, 0.25) is 0 Å². The SMILES string of the molecule is Cc1c(C(=O)NC(CC(=O)OC(C)C)c2ccccc2)nnn1-c1ccc(F)cc1. The van der Waals surface area contributed by atoms with Crippen molar-refractivity contribution in [1.82, 2.24) is 20.3 Å². The molecule has 2 aromatic carbocycles. The number of rotatable bonds is 7. The monoisotopic (exact) mass is 410 g/mol. The van der Waals surface area contributed by atoms with Crippen LogP contribution in [-0.4, -0.2) is 33.0 Å². The van der Waals surface area contributed by atoms with E-state index in [4.69, 9.17) is 4.74 Å². The van der Waals surface area contributed by atoms with Crippen molar-refractivity contribution in [1.29, 1.82) is 0 Å². The topological polar surface area (TPSA) is 86.1 Å². The van der Waals surface area contributed by atoms with Gasteiger partial charge in [-0.1, -0.05) is 35.5 Å². The number of amides is 1. The fourth-order valence-electron chi connectivity index (χ4n) is 3.01. The van der Waals surface area contributed by atoms with E-state index < -0.39 is 17.9 Å². The Kier molecular flexibility index (Phi) is 6.56. The average Bonchev–Trinajstić information content (AvgIpc) is 3.09. The molecule has 1 atom stereocenters. The van der Waals surface area contributed by atoms with E-state index in [1.165, 1.54) is 16.8 Å². The first kappa shape index (κ1) is 21.2. The Labute approximate surface area is 173 Å². The zero-order valence-electron chi connectivity index (χ0n) is 17.0. The molecule has 0 fully saturated rings. The average molecular weight is 410 g/mol. The summed E-state index contributed by atoms with van der Waals surface area (Å²) in [5.74, 6) is -1.24. The van der Waals surface area contributed by atoms with Crippen molar-refractivity contribution in [3.63, 3.8) is 0 Å². The largest absolute Gasteiger partial charge is 0.463 e. The highest BCUT2D eigenvalue weighted by atomic mass is 19.1. The Hall–Kier alpha value is -3.55. The molecule has 0 bridgehead atoms. The maximum absolute atomic E-state index is 13.2. The number of halogens is 1. The van der Waals surface area contributed by atoms with Crippen LogP contribution in [0.1, 0.15) is 48.1 Å². The van der Waals surface area contributed by atoms with Crippen molar-refractivity contribution in [3.05, 3.63) is 77.4 Å². The summed E-state index contributed by atoms with van der Waals surface area (Å²) >= 11 is 0. The number of esters is 1. The summed E-state index contributed by atoms with van der Waals surface area (Å²) in [5, 5.41) is 10.8. The summed E-state index contributed by atoms with van der Waals surface area (Å²) in [7, 11) is 0. The van der Waals surface area contributed by atoms with E-state index in [1.807, 2.05) is 30.3 Å². The first-order chi connectivity index (χ1) is 14.3. The highest BCUT2D eigenvalue weighted by molar-refractivity contribution is 5.93. The summed E-state index contributed by atoms with van der Waals surface area (Å²) in [6.07, 6.45) is -0.263. The maximum atomic E-state index is 13.2. The Morgan fingerprint density at radius 1 is 1.10 bits per heavy atom. The molecule has 0 radical (unpaired) electrons. The van der Waals surface area contributed by atoms with Gasteiger partial charge in [0.25, 0.3) is 5.91 Å². The van der Waals surface area contributed by atoms with Crippen molar-refractivity contribution in [3.8, 4) is 5.69 Å². The van der Waals surface area contributed by atoms with E-state index in [-0.39, 0.29) is 24.0 Å². The van der Waals surface area contributed by atoms with Gasteiger partial charge in [-0.15, -0.1) is 5.10 Å². The van der Waals surface area contributed by atoms with E-state index in [1.54, 1.807) is 32.9 Å². The molecule has 0 spiro atoms. The first-order valence-corrected chi connectivity index (χ1v) is 9.58. The van der Waals surface area contributed by atoms with Gasteiger partial charge in [0.1, 0.15) is 5.82 Å². The van der Waals surface area contributed by atoms with Crippen LogP contribution >= 0.6 is 0 Å². The second-order valence-electron chi connectivity index (χ2n) is 7.09. The van der Waals surface area contributed by atoms with Gasteiger partial charge in [-0.2, -0.15) is 0 Å². The summed E-state index contributed by atoms with van der Waals surface area (Å²) in [4.78, 5) is 25.1. The molecule has 0 saturated carbocycles. The van der Waals surface area contributed by atoms with Gasteiger partial charge in [-0.05, 0) is 50.6 Å². The van der Waals surface area contributed by atoms with Crippen LogP contribution in [0, 0.1) is 12.7 Å². The molecule has 0 aliphatic rings. The second-order valence-corrected chi connectivity index (χ2v) is 7.09. The van der Waals surface area contributed by atoms with Gasteiger partial charge < -0.3 is 10.1 Å². The molecule has 0 aliphatic carbocycles. The lowest BCUT2D eigenvalue weighted by molar-refractivity contribution is -0.147. The summed E-state index contributed by atoms with van der Waals surface area (Å²) in [6.45, 7) is 5.24. The molecule has 3 aromatic rings. The summed E-state index contributed by atoms with van der Waals surface area (Å²) in [5.41, 5.74) is 1.98. The minimum atomic E-state index is -0.583. The molecule has 1 amide bonds. The van der Waals surface area contributed by atoms with Crippen molar-refractivity contribution < 1.29 is 18.7 Å². The summed E-state index contributed by atoms with van der Waals surface area (Å²) in [6, 6.07) is 14.3. The third-order valence-corrected chi connectivity index (χ3v) is 4.43. The Morgan fingerprint density at radius 2 is 1.77 bits per heavy atom. The van der Waals surface area contributed by atoms with Crippen LogP contribution in [0.4, 0.5) is 4.39 Å². The number of nitrogens with one attached hydrogen (secondary N) is 1. The number of aromatic nitrogens is 3. The van der Waals surface area contributed by atoms with E-state index in [0.717, 1.165) is 5.56 Å². The van der Waals surface area contributed by atoms with Gasteiger partial charge in [-0.3, -0.25) is 9.59 Å². The number of hydrogen-bond donors (Lipinski definition) is 1. The van der Waals surface area contributed by atoms with Gasteiger partial charge in [0, 0.05) is 0 Å². The van der Waals surface area contributed by atoms with Crippen LogP contribution in [0.3, 0.4) is 0 Å². The Morgan fingerprint density at radius 3 is 2.40 bits per heavy atom. The molecule has 1 N–H and O–H groups in total. The minimum absolute atomic E-state index is 0.0148. The number of ether oxygens (including phenoxy) is 1. The molecule has 30 heavy (non-hydrogen) atoms. The molecule has 156 valence electrons.